The summed E-state index contributed by atoms with van der Waals surface area (Å²) in [4.78, 5) is 11.6. The number of carbonyl (C=O) groups is 1. The van der Waals surface area contributed by atoms with Crippen LogP contribution in [0.4, 0.5) is 11.4 Å². The van der Waals surface area contributed by atoms with E-state index >= 15 is 0 Å². The Labute approximate surface area is 117 Å². The van der Waals surface area contributed by atoms with Gasteiger partial charge in [0.2, 0.25) is 15.9 Å². The summed E-state index contributed by atoms with van der Waals surface area (Å²) < 4.78 is 25.1. The summed E-state index contributed by atoms with van der Waals surface area (Å²) in [5.41, 5.74) is 0.821. The first-order valence-electron chi connectivity index (χ1n) is 6.02. The minimum absolute atomic E-state index is 0.0304. The molecule has 0 aliphatic carbocycles. The van der Waals surface area contributed by atoms with E-state index in [-0.39, 0.29) is 5.75 Å². The summed E-state index contributed by atoms with van der Waals surface area (Å²) in [6.07, 6.45) is -1.73. The van der Waals surface area contributed by atoms with E-state index < -0.39 is 28.1 Å². The van der Waals surface area contributed by atoms with Crippen molar-refractivity contribution in [3.8, 4) is 0 Å². The quantitative estimate of drug-likeness (QED) is 0.565. The van der Waals surface area contributed by atoms with Gasteiger partial charge in [-0.15, -0.1) is 0 Å². The lowest BCUT2D eigenvalue weighted by atomic mass is 10.1. The maximum Gasteiger partial charge on any atom is 0.232 e. The third-order valence-electron chi connectivity index (χ3n) is 2.67. The molecule has 1 amide bonds. The number of benzene rings is 1. The number of amides is 1. The van der Waals surface area contributed by atoms with Crippen LogP contribution in [0, 0.1) is 5.92 Å². The number of aliphatic hydroxyl groups excluding tert-OH is 1. The zero-order chi connectivity index (χ0) is 15.3. The van der Waals surface area contributed by atoms with E-state index in [0.29, 0.717) is 11.4 Å². The lowest BCUT2D eigenvalue weighted by Gasteiger charge is -2.14. The first-order chi connectivity index (χ1) is 9.25. The Morgan fingerprint density at radius 2 is 1.70 bits per heavy atom. The normalized spacial score (nSPS) is 13.1. The van der Waals surface area contributed by atoms with Crippen molar-refractivity contribution in [3.05, 3.63) is 24.3 Å². The van der Waals surface area contributed by atoms with Crippen LogP contribution in [0.5, 0.6) is 0 Å². The summed E-state index contributed by atoms with van der Waals surface area (Å²) in [6, 6.07) is 6.04. The van der Waals surface area contributed by atoms with Gasteiger partial charge in [-0.05, 0) is 38.1 Å². The molecule has 1 rings (SSSR count). The van der Waals surface area contributed by atoms with Crippen LogP contribution >= 0.6 is 0 Å². The van der Waals surface area contributed by atoms with Crippen molar-refractivity contribution in [2.24, 2.45) is 5.92 Å². The maximum absolute atomic E-state index is 11.6. The Balaban J connectivity index is 2.70. The molecular weight excluding hydrogens is 284 g/mol. The molecule has 1 atom stereocenters. The summed E-state index contributed by atoms with van der Waals surface area (Å²) in [7, 11) is -3.34. The molecular formula is C12H18N2O5S. The van der Waals surface area contributed by atoms with Gasteiger partial charge in [-0.25, -0.2) is 8.42 Å². The molecule has 1 unspecified atom stereocenters. The second-order valence-electron chi connectivity index (χ2n) is 4.27. The summed E-state index contributed by atoms with van der Waals surface area (Å²) in [5, 5.41) is 20.3. The number of hydrogen-bond donors (Lipinski definition) is 4. The Hall–Kier alpha value is -1.64. The van der Waals surface area contributed by atoms with Gasteiger partial charge in [0.25, 0.3) is 0 Å². The number of aliphatic hydroxyl groups is 2. The zero-order valence-corrected chi connectivity index (χ0v) is 12.0. The number of rotatable bonds is 6. The van der Waals surface area contributed by atoms with Gasteiger partial charge in [0.15, 0.2) is 6.29 Å². The number of carbonyl (C=O) groups excluding carboxylic acids is 1. The molecule has 1 aromatic carbocycles. The van der Waals surface area contributed by atoms with Crippen LogP contribution in [-0.2, 0) is 14.8 Å². The van der Waals surface area contributed by atoms with E-state index in [4.69, 9.17) is 10.2 Å². The number of nitrogens with one attached hydrogen (secondary N) is 2. The third kappa shape index (κ3) is 4.80. The van der Waals surface area contributed by atoms with Crippen LogP contribution < -0.4 is 10.0 Å². The van der Waals surface area contributed by atoms with Crippen molar-refractivity contribution in [3.63, 3.8) is 0 Å². The third-order valence-corrected chi connectivity index (χ3v) is 3.97. The highest BCUT2D eigenvalue weighted by molar-refractivity contribution is 7.92. The molecule has 0 saturated heterocycles. The highest BCUT2D eigenvalue weighted by Crippen LogP contribution is 2.16. The fourth-order valence-electron chi connectivity index (χ4n) is 1.26. The molecule has 4 N–H and O–H groups in total. The first-order valence-corrected chi connectivity index (χ1v) is 7.68. The Bertz CT molecular complexity index is 554. The molecule has 112 valence electrons. The maximum atomic E-state index is 11.6. The molecule has 0 fully saturated rings. The predicted molar refractivity (Wildman–Crippen MR) is 75.5 cm³/mol. The summed E-state index contributed by atoms with van der Waals surface area (Å²) >= 11 is 0. The van der Waals surface area contributed by atoms with E-state index in [0.717, 1.165) is 0 Å². The van der Waals surface area contributed by atoms with E-state index in [1.807, 2.05) is 0 Å². The first kappa shape index (κ1) is 16.4. The molecule has 7 nitrogen and oxygen atoms in total. The van der Waals surface area contributed by atoms with E-state index in [9.17, 15) is 13.2 Å². The molecule has 0 spiro atoms. The van der Waals surface area contributed by atoms with E-state index in [2.05, 4.69) is 10.0 Å². The Morgan fingerprint density at radius 3 is 2.15 bits per heavy atom. The highest BCUT2D eigenvalue weighted by atomic mass is 32.2. The smallest absolute Gasteiger partial charge is 0.232 e. The average molecular weight is 302 g/mol. The Kier molecular flexibility index (Phi) is 5.49. The topological polar surface area (TPSA) is 116 Å². The van der Waals surface area contributed by atoms with Crippen molar-refractivity contribution < 1.29 is 23.4 Å². The number of hydrogen-bond acceptors (Lipinski definition) is 5. The molecule has 0 saturated carbocycles. The largest absolute Gasteiger partial charge is 0.367 e. The Morgan fingerprint density at radius 1 is 1.20 bits per heavy atom. The lowest BCUT2D eigenvalue weighted by molar-refractivity contribution is -0.134. The van der Waals surface area contributed by atoms with Crippen molar-refractivity contribution in [1.29, 1.82) is 0 Å². The van der Waals surface area contributed by atoms with Gasteiger partial charge < -0.3 is 15.5 Å². The average Bonchev–Trinajstić information content (AvgIpc) is 2.39. The van der Waals surface area contributed by atoms with Crippen LogP contribution in [0.25, 0.3) is 0 Å². The summed E-state index contributed by atoms with van der Waals surface area (Å²) in [5.74, 6) is -1.53. The van der Waals surface area contributed by atoms with Gasteiger partial charge in [-0.2, -0.15) is 0 Å². The molecule has 0 radical (unpaired) electrons. The van der Waals surface area contributed by atoms with Crippen LogP contribution in [0.15, 0.2) is 24.3 Å². The van der Waals surface area contributed by atoms with E-state index in [1.54, 1.807) is 0 Å². The second kappa shape index (κ2) is 6.69. The monoisotopic (exact) mass is 302 g/mol. The highest BCUT2D eigenvalue weighted by Gasteiger charge is 2.19. The standard InChI is InChI=1S/C12H18N2O5S/c1-3-20(18,19)14-10-6-4-9(5-7-10)13-11(15)8(2)12(16)17/h4-8,12,14,16-17H,3H2,1-2H3,(H,13,15). The molecule has 0 aliphatic heterocycles. The fraction of sp³-hybridized carbons (Fsp3) is 0.417. The zero-order valence-electron chi connectivity index (χ0n) is 11.2. The predicted octanol–water partition coefficient (Wildman–Crippen LogP) is 0.334. The number of sulfonamides is 1. The lowest BCUT2D eigenvalue weighted by Crippen LogP contribution is -2.30. The van der Waals surface area contributed by atoms with Crippen LogP contribution in [0.1, 0.15) is 13.8 Å². The fourth-order valence-corrected chi connectivity index (χ4v) is 1.90. The van der Waals surface area contributed by atoms with Crippen LogP contribution in [-0.4, -0.2) is 36.6 Å². The molecule has 0 aliphatic rings. The SMILES string of the molecule is CCS(=O)(=O)Nc1ccc(NC(=O)C(C)C(O)O)cc1. The molecule has 1 aromatic rings. The van der Waals surface area contributed by atoms with Gasteiger partial charge in [-0.3, -0.25) is 9.52 Å². The van der Waals surface area contributed by atoms with Gasteiger partial charge in [0, 0.05) is 11.4 Å². The van der Waals surface area contributed by atoms with Gasteiger partial charge in [-0.1, -0.05) is 0 Å². The van der Waals surface area contributed by atoms with Crippen molar-refractivity contribution >= 4 is 27.3 Å². The van der Waals surface area contributed by atoms with Crippen molar-refractivity contribution in [2.45, 2.75) is 20.1 Å². The second-order valence-corrected chi connectivity index (χ2v) is 6.29. The summed E-state index contributed by atoms with van der Waals surface area (Å²) in [6.45, 7) is 2.91. The van der Waals surface area contributed by atoms with E-state index in [1.165, 1.54) is 38.1 Å². The molecule has 0 bridgehead atoms. The minimum Gasteiger partial charge on any atom is -0.367 e. The number of anilines is 2. The van der Waals surface area contributed by atoms with Gasteiger partial charge in [0.05, 0.1) is 11.7 Å². The molecule has 0 aromatic heterocycles. The van der Waals surface area contributed by atoms with Crippen molar-refractivity contribution in [2.75, 3.05) is 15.8 Å². The molecule has 8 heteroatoms. The van der Waals surface area contributed by atoms with Gasteiger partial charge >= 0.3 is 0 Å². The minimum atomic E-state index is -3.34. The molecule has 20 heavy (non-hydrogen) atoms. The van der Waals surface area contributed by atoms with Crippen molar-refractivity contribution in [1.82, 2.24) is 0 Å². The molecule has 0 heterocycles. The van der Waals surface area contributed by atoms with Gasteiger partial charge in [0.1, 0.15) is 0 Å². The van der Waals surface area contributed by atoms with Crippen LogP contribution in [0.3, 0.4) is 0 Å². The van der Waals surface area contributed by atoms with Crippen LogP contribution in [0.2, 0.25) is 0 Å².